The first-order valence-corrected chi connectivity index (χ1v) is 6.47. The summed E-state index contributed by atoms with van der Waals surface area (Å²) in [6, 6.07) is 6.10. The van der Waals surface area contributed by atoms with Gasteiger partial charge in [0.05, 0.1) is 0 Å². The van der Waals surface area contributed by atoms with Crippen LogP contribution < -0.4 is 4.90 Å². The fraction of sp³-hybridized carbons (Fsp3) is 0.500. The van der Waals surface area contributed by atoms with E-state index in [1.165, 1.54) is 11.3 Å². The molecule has 0 saturated carbocycles. The first-order valence-electron chi connectivity index (χ1n) is 6.47. The van der Waals surface area contributed by atoms with Gasteiger partial charge in [0.15, 0.2) is 0 Å². The van der Waals surface area contributed by atoms with Crippen LogP contribution in [0.25, 0.3) is 0 Å². The van der Waals surface area contributed by atoms with Gasteiger partial charge >= 0.3 is 0 Å². The highest BCUT2D eigenvalue weighted by Crippen LogP contribution is 2.31. The van der Waals surface area contributed by atoms with Crippen molar-refractivity contribution in [2.24, 2.45) is 0 Å². The van der Waals surface area contributed by atoms with E-state index in [0.717, 1.165) is 38.3 Å². The van der Waals surface area contributed by atoms with E-state index >= 15 is 0 Å². The van der Waals surface area contributed by atoms with Crippen molar-refractivity contribution < 1.29 is 4.79 Å². The van der Waals surface area contributed by atoms with Crippen LogP contribution >= 0.6 is 0 Å². The predicted octanol–water partition coefficient (Wildman–Crippen LogP) is 1.02. The second-order valence-electron chi connectivity index (χ2n) is 5.25. The maximum atomic E-state index is 12.0. The van der Waals surface area contributed by atoms with Crippen LogP contribution in [0.15, 0.2) is 18.2 Å². The van der Waals surface area contributed by atoms with Crippen LogP contribution in [0.3, 0.4) is 0 Å². The molecule has 1 fully saturated rings. The number of hydrogen-bond donors (Lipinski definition) is 0. The zero-order valence-corrected chi connectivity index (χ0v) is 11.0. The van der Waals surface area contributed by atoms with Gasteiger partial charge in [0, 0.05) is 56.6 Å². The highest BCUT2D eigenvalue weighted by atomic mass is 16.2. The molecular weight excluding hydrogens is 226 g/mol. The largest absolute Gasteiger partial charge is 0.369 e. The number of piperazine rings is 1. The molecule has 0 N–H and O–H groups in total. The molecule has 18 heavy (non-hydrogen) atoms. The van der Waals surface area contributed by atoms with Gasteiger partial charge in [0.2, 0.25) is 0 Å². The number of fused-ring (bicyclic) bond motifs is 1. The summed E-state index contributed by atoms with van der Waals surface area (Å²) in [4.78, 5) is 18.5. The van der Waals surface area contributed by atoms with Crippen LogP contribution in [-0.4, -0.2) is 56.0 Å². The Bertz CT molecular complexity index is 478. The summed E-state index contributed by atoms with van der Waals surface area (Å²) in [5.74, 6) is 0.154. The Morgan fingerprint density at radius 3 is 2.50 bits per heavy atom. The van der Waals surface area contributed by atoms with E-state index in [0.29, 0.717) is 0 Å². The third-order valence-corrected chi connectivity index (χ3v) is 3.97. The van der Waals surface area contributed by atoms with E-state index in [1.807, 2.05) is 19.2 Å². The van der Waals surface area contributed by atoms with Crippen LogP contribution in [-0.2, 0) is 6.54 Å². The van der Waals surface area contributed by atoms with E-state index in [-0.39, 0.29) is 5.91 Å². The molecule has 2 aliphatic rings. The number of benzene rings is 1. The summed E-state index contributed by atoms with van der Waals surface area (Å²) in [5.41, 5.74) is 3.33. The minimum atomic E-state index is 0.154. The van der Waals surface area contributed by atoms with Gasteiger partial charge in [-0.3, -0.25) is 4.79 Å². The zero-order chi connectivity index (χ0) is 12.7. The van der Waals surface area contributed by atoms with Crippen molar-refractivity contribution in [3.63, 3.8) is 0 Å². The highest BCUT2D eigenvalue weighted by Gasteiger charge is 2.28. The Hall–Kier alpha value is -1.55. The monoisotopic (exact) mass is 245 g/mol. The van der Waals surface area contributed by atoms with Crippen molar-refractivity contribution in [1.29, 1.82) is 0 Å². The standard InChI is InChI=1S/C14H19N3O/c1-15-6-8-17(9-7-15)13-5-3-4-11-12(13)10-16(2)14(11)18/h3-5H,6-10H2,1-2H3. The second-order valence-corrected chi connectivity index (χ2v) is 5.25. The number of likely N-dealkylation sites (N-methyl/N-ethyl adjacent to an activating group) is 1. The van der Waals surface area contributed by atoms with Gasteiger partial charge < -0.3 is 14.7 Å². The minimum absolute atomic E-state index is 0.154. The number of amides is 1. The molecule has 1 aromatic rings. The SMILES string of the molecule is CN1CCN(c2cccc3c2CN(C)C3=O)CC1. The molecule has 2 aliphatic heterocycles. The van der Waals surface area contributed by atoms with Crippen molar-refractivity contribution >= 4 is 11.6 Å². The van der Waals surface area contributed by atoms with Crippen molar-refractivity contribution in [3.8, 4) is 0 Å². The summed E-state index contributed by atoms with van der Waals surface area (Å²) in [6.07, 6.45) is 0. The van der Waals surface area contributed by atoms with Crippen molar-refractivity contribution in [1.82, 2.24) is 9.80 Å². The lowest BCUT2D eigenvalue weighted by atomic mass is 10.1. The Kier molecular flexibility index (Phi) is 2.74. The van der Waals surface area contributed by atoms with Gasteiger partial charge in [-0.2, -0.15) is 0 Å². The molecule has 0 aromatic heterocycles. The van der Waals surface area contributed by atoms with E-state index in [4.69, 9.17) is 0 Å². The Morgan fingerprint density at radius 1 is 1.06 bits per heavy atom. The van der Waals surface area contributed by atoms with Gasteiger partial charge in [-0.15, -0.1) is 0 Å². The third kappa shape index (κ3) is 1.77. The molecule has 0 atom stereocenters. The molecular formula is C14H19N3O. The molecule has 0 unspecified atom stereocenters. The molecule has 0 bridgehead atoms. The first kappa shape index (κ1) is 11.5. The Morgan fingerprint density at radius 2 is 1.78 bits per heavy atom. The van der Waals surface area contributed by atoms with Crippen molar-refractivity contribution in [3.05, 3.63) is 29.3 Å². The number of nitrogens with zero attached hydrogens (tertiary/aromatic N) is 3. The summed E-state index contributed by atoms with van der Waals surface area (Å²) < 4.78 is 0. The Balaban J connectivity index is 1.93. The molecule has 96 valence electrons. The number of carbonyl (C=O) groups is 1. The van der Waals surface area contributed by atoms with E-state index < -0.39 is 0 Å². The molecule has 3 rings (SSSR count). The van der Waals surface area contributed by atoms with Crippen LogP contribution in [0, 0.1) is 0 Å². The Labute approximate surface area is 108 Å². The van der Waals surface area contributed by atoms with Crippen LogP contribution in [0.5, 0.6) is 0 Å². The highest BCUT2D eigenvalue weighted by molar-refractivity contribution is 5.99. The summed E-state index contributed by atoms with van der Waals surface area (Å²) in [5, 5.41) is 0. The average Bonchev–Trinajstić information content (AvgIpc) is 2.67. The second kappa shape index (κ2) is 4.28. The van der Waals surface area contributed by atoms with E-state index in [2.05, 4.69) is 22.9 Å². The third-order valence-electron chi connectivity index (χ3n) is 3.97. The quantitative estimate of drug-likeness (QED) is 0.739. The van der Waals surface area contributed by atoms with Crippen LogP contribution in [0.1, 0.15) is 15.9 Å². The van der Waals surface area contributed by atoms with Crippen LogP contribution in [0.4, 0.5) is 5.69 Å². The fourth-order valence-corrected chi connectivity index (χ4v) is 2.80. The number of hydrogen-bond acceptors (Lipinski definition) is 3. The summed E-state index contributed by atoms with van der Waals surface area (Å²) in [6.45, 7) is 5.02. The molecule has 0 spiro atoms. The lowest BCUT2D eigenvalue weighted by molar-refractivity contribution is 0.0816. The van der Waals surface area contributed by atoms with Gasteiger partial charge in [0.1, 0.15) is 0 Å². The maximum absolute atomic E-state index is 12.0. The molecule has 1 aromatic carbocycles. The lowest BCUT2D eigenvalue weighted by Crippen LogP contribution is -2.44. The molecule has 0 radical (unpaired) electrons. The van der Waals surface area contributed by atoms with Crippen LogP contribution in [0.2, 0.25) is 0 Å². The molecule has 1 saturated heterocycles. The lowest BCUT2D eigenvalue weighted by Gasteiger charge is -2.35. The summed E-state index contributed by atoms with van der Waals surface area (Å²) >= 11 is 0. The zero-order valence-electron chi connectivity index (χ0n) is 11.0. The molecule has 0 aliphatic carbocycles. The van der Waals surface area contributed by atoms with Crippen molar-refractivity contribution in [2.45, 2.75) is 6.54 Å². The molecule has 1 amide bonds. The molecule has 4 nitrogen and oxygen atoms in total. The van der Waals surface area contributed by atoms with Gasteiger partial charge in [-0.1, -0.05) is 6.07 Å². The molecule has 4 heteroatoms. The first-order chi connectivity index (χ1) is 8.66. The number of anilines is 1. The minimum Gasteiger partial charge on any atom is -0.369 e. The average molecular weight is 245 g/mol. The normalized spacial score (nSPS) is 20.4. The number of carbonyl (C=O) groups excluding carboxylic acids is 1. The number of rotatable bonds is 1. The van der Waals surface area contributed by atoms with Crippen molar-refractivity contribution in [2.75, 3.05) is 45.2 Å². The van der Waals surface area contributed by atoms with Gasteiger partial charge in [-0.05, 0) is 19.2 Å². The van der Waals surface area contributed by atoms with Gasteiger partial charge in [0.25, 0.3) is 5.91 Å². The topological polar surface area (TPSA) is 26.8 Å². The van der Waals surface area contributed by atoms with Gasteiger partial charge in [-0.25, -0.2) is 0 Å². The smallest absolute Gasteiger partial charge is 0.254 e. The van der Waals surface area contributed by atoms with E-state index in [9.17, 15) is 4.79 Å². The maximum Gasteiger partial charge on any atom is 0.254 e. The summed E-state index contributed by atoms with van der Waals surface area (Å²) in [7, 11) is 4.03. The van der Waals surface area contributed by atoms with E-state index in [1.54, 1.807) is 4.90 Å². The fourth-order valence-electron chi connectivity index (χ4n) is 2.80. The molecule has 2 heterocycles. The predicted molar refractivity (Wildman–Crippen MR) is 71.9 cm³/mol.